The van der Waals surface area contributed by atoms with Crippen LogP contribution in [-0.4, -0.2) is 60.8 Å². The Morgan fingerprint density at radius 3 is 2.65 bits per heavy atom. The number of amides is 1. The molecule has 0 saturated heterocycles. The number of hydrogen-bond donors (Lipinski definition) is 6. The molecule has 0 aliphatic rings. The Bertz CT molecular complexity index is 487. The smallest absolute Gasteiger partial charge is 0.236 e. The van der Waals surface area contributed by atoms with Crippen LogP contribution in [0.25, 0.3) is 0 Å². The van der Waals surface area contributed by atoms with Crippen LogP contribution in [0.1, 0.15) is 31.5 Å². The Balaban J connectivity index is 2.81. The van der Waals surface area contributed by atoms with E-state index in [2.05, 4.69) is 20.5 Å². The van der Waals surface area contributed by atoms with Crippen LogP contribution in [0.2, 0.25) is 0 Å². The lowest BCUT2D eigenvalue weighted by atomic mass is 10.1. The molecule has 0 aliphatic heterocycles. The molecule has 20 heavy (non-hydrogen) atoms. The average molecular weight is 286 g/mol. The van der Waals surface area contributed by atoms with E-state index in [1.54, 1.807) is 6.92 Å². The number of imidazole rings is 1. The zero-order chi connectivity index (χ0) is 15.3. The summed E-state index contributed by atoms with van der Waals surface area (Å²) in [6.45, 7) is 2.22. The molecule has 0 spiro atoms. The number of nitrogens with zero attached hydrogens (tertiary/aromatic N) is 2. The number of aromatic nitrogens is 2. The van der Waals surface area contributed by atoms with E-state index >= 15 is 0 Å². The molecule has 9 heteroatoms. The number of hydrazone groups is 1. The zero-order valence-electron chi connectivity index (χ0n) is 11.1. The highest BCUT2D eigenvalue weighted by molar-refractivity contribution is 5.95. The molecule has 9 nitrogen and oxygen atoms in total. The van der Waals surface area contributed by atoms with Crippen LogP contribution in [-0.2, 0) is 4.79 Å². The molecule has 0 unspecified atom stereocenters. The van der Waals surface area contributed by atoms with Crippen molar-refractivity contribution in [3.05, 3.63) is 17.7 Å². The molecule has 1 heterocycles. The predicted octanol–water partition coefficient (Wildman–Crippen LogP) is -1.98. The fourth-order valence-corrected chi connectivity index (χ4v) is 1.39. The van der Waals surface area contributed by atoms with Gasteiger partial charge in [-0.3, -0.25) is 4.79 Å². The van der Waals surface area contributed by atoms with E-state index in [-0.39, 0.29) is 11.6 Å². The lowest BCUT2D eigenvalue weighted by Crippen LogP contribution is -2.34. The topological polar surface area (TPSA) is 151 Å². The largest absolute Gasteiger partial charge is 0.394 e. The zero-order valence-corrected chi connectivity index (χ0v) is 11.1. The molecule has 0 bridgehead atoms. The fraction of sp³-hybridized carbons (Fsp3) is 0.545. The summed E-state index contributed by atoms with van der Waals surface area (Å²) in [5.41, 5.74) is 2.76. The molecular weight excluding hydrogens is 268 g/mol. The quantitative estimate of drug-likeness (QED) is 0.263. The van der Waals surface area contributed by atoms with Crippen molar-refractivity contribution in [2.75, 3.05) is 6.61 Å². The highest BCUT2D eigenvalue weighted by Crippen LogP contribution is 2.17. The molecule has 0 aromatic carbocycles. The molecule has 0 saturated carbocycles. The molecule has 0 aliphatic carbocycles. The summed E-state index contributed by atoms with van der Waals surface area (Å²) >= 11 is 0. The molecular formula is C11H18N4O5. The van der Waals surface area contributed by atoms with Crippen molar-refractivity contribution in [3.8, 4) is 0 Å². The van der Waals surface area contributed by atoms with Gasteiger partial charge in [0.25, 0.3) is 0 Å². The Kier molecular flexibility index (Phi) is 5.77. The third-order valence-electron chi connectivity index (χ3n) is 2.54. The van der Waals surface area contributed by atoms with Crippen molar-refractivity contribution in [3.63, 3.8) is 0 Å². The number of aromatic amines is 1. The third kappa shape index (κ3) is 4.10. The summed E-state index contributed by atoms with van der Waals surface area (Å²) in [5, 5.41) is 41.1. The van der Waals surface area contributed by atoms with Crippen LogP contribution in [0.5, 0.6) is 0 Å². The summed E-state index contributed by atoms with van der Waals surface area (Å²) in [6, 6.07) is 0. The number of rotatable bonds is 6. The second-order valence-electron chi connectivity index (χ2n) is 4.24. The van der Waals surface area contributed by atoms with Crippen molar-refractivity contribution in [1.82, 2.24) is 15.4 Å². The first kappa shape index (κ1) is 16.2. The lowest BCUT2D eigenvalue weighted by molar-refractivity contribution is -0.118. The van der Waals surface area contributed by atoms with E-state index in [0.29, 0.717) is 11.5 Å². The Morgan fingerprint density at radius 2 is 2.10 bits per heavy atom. The van der Waals surface area contributed by atoms with Gasteiger partial charge in [0.1, 0.15) is 24.0 Å². The van der Waals surface area contributed by atoms with Gasteiger partial charge in [-0.05, 0) is 6.92 Å². The average Bonchev–Trinajstić information content (AvgIpc) is 2.91. The van der Waals surface area contributed by atoms with Crippen LogP contribution in [0.15, 0.2) is 11.3 Å². The molecule has 3 atom stereocenters. The minimum atomic E-state index is -1.55. The van der Waals surface area contributed by atoms with Gasteiger partial charge in [0.2, 0.25) is 5.91 Å². The molecule has 1 amide bonds. The van der Waals surface area contributed by atoms with Crippen molar-refractivity contribution in [2.45, 2.75) is 32.2 Å². The van der Waals surface area contributed by atoms with E-state index in [4.69, 9.17) is 5.11 Å². The number of H-pyrrole nitrogens is 1. The lowest BCUT2D eigenvalue weighted by Gasteiger charge is -2.20. The number of carbonyl (C=O) groups is 1. The maximum absolute atomic E-state index is 10.7. The maximum Gasteiger partial charge on any atom is 0.236 e. The maximum atomic E-state index is 10.7. The molecule has 1 aromatic heterocycles. The van der Waals surface area contributed by atoms with Crippen molar-refractivity contribution >= 4 is 11.6 Å². The molecule has 1 aromatic rings. The van der Waals surface area contributed by atoms with Crippen LogP contribution in [0, 0.1) is 0 Å². The van der Waals surface area contributed by atoms with Gasteiger partial charge in [0.15, 0.2) is 5.82 Å². The molecule has 112 valence electrons. The normalized spacial score (nSPS) is 16.6. The Morgan fingerprint density at radius 1 is 1.45 bits per heavy atom. The van der Waals surface area contributed by atoms with E-state index in [1.807, 2.05) is 0 Å². The van der Waals surface area contributed by atoms with Crippen molar-refractivity contribution < 1.29 is 25.2 Å². The highest BCUT2D eigenvalue weighted by Gasteiger charge is 2.27. The number of nitrogens with one attached hydrogen (secondary N) is 2. The highest BCUT2D eigenvalue weighted by atomic mass is 16.4. The standard InChI is InChI=1S/C11H18N4O5/c1-5(14-15-6(2)17)11-12-3-7(13-11)9(19)10(20)8(18)4-16/h3,8-10,16,18-20H,4H2,1-2H3,(H,12,13)(H,15,17)/b14-5+/t8-,9-,10-/m1/s1. The van der Waals surface area contributed by atoms with Crippen LogP contribution < -0.4 is 5.43 Å². The van der Waals surface area contributed by atoms with Crippen LogP contribution in [0.3, 0.4) is 0 Å². The van der Waals surface area contributed by atoms with E-state index in [9.17, 15) is 20.1 Å². The van der Waals surface area contributed by atoms with Gasteiger partial charge in [0, 0.05) is 6.92 Å². The van der Waals surface area contributed by atoms with Gasteiger partial charge in [-0.2, -0.15) is 5.10 Å². The van der Waals surface area contributed by atoms with Crippen molar-refractivity contribution in [2.24, 2.45) is 5.10 Å². The van der Waals surface area contributed by atoms with Crippen LogP contribution >= 0.6 is 0 Å². The first-order chi connectivity index (χ1) is 9.36. The second-order valence-corrected chi connectivity index (χ2v) is 4.24. The fourth-order valence-electron chi connectivity index (χ4n) is 1.39. The minimum Gasteiger partial charge on any atom is -0.394 e. The Labute approximate surface area is 115 Å². The van der Waals surface area contributed by atoms with E-state index in [1.165, 1.54) is 13.1 Å². The Hall–Kier alpha value is -1.81. The molecule has 0 fully saturated rings. The number of hydrogen-bond acceptors (Lipinski definition) is 7. The summed E-state index contributed by atoms with van der Waals surface area (Å²) in [7, 11) is 0. The first-order valence-electron chi connectivity index (χ1n) is 5.88. The summed E-state index contributed by atoms with van der Waals surface area (Å²) in [4.78, 5) is 17.3. The van der Waals surface area contributed by atoms with Gasteiger partial charge in [-0.15, -0.1) is 0 Å². The van der Waals surface area contributed by atoms with Gasteiger partial charge in [0.05, 0.1) is 18.5 Å². The minimum absolute atomic E-state index is 0.150. The number of aliphatic hydroxyl groups is 4. The van der Waals surface area contributed by atoms with Gasteiger partial charge < -0.3 is 25.4 Å². The van der Waals surface area contributed by atoms with Crippen LogP contribution in [0.4, 0.5) is 0 Å². The van der Waals surface area contributed by atoms with Gasteiger partial charge in [-0.1, -0.05) is 0 Å². The summed E-state index contributed by atoms with van der Waals surface area (Å²) < 4.78 is 0. The second kappa shape index (κ2) is 7.10. The number of aliphatic hydroxyl groups excluding tert-OH is 4. The number of carbonyl (C=O) groups excluding carboxylic acids is 1. The monoisotopic (exact) mass is 286 g/mol. The predicted molar refractivity (Wildman–Crippen MR) is 68.7 cm³/mol. The third-order valence-corrected chi connectivity index (χ3v) is 2.54. The molecule has 1 rings (SSSR count). The summed E-state index contributed by atoms with van der Waals surface area (Å²) in [5.74, 6) is -0.0452. The molecule has 6 N–H and O–H groups in total. The summed E-state index contributed by atoms with van der Waals surface area (Å²) in [6.07, 6.45) is -3.20. The van der Waals surface area contributed by atoms with E-state index in [0.717, 1.165) is 0 Å². The van der Waals surface area contributed by atoms with Gasteiger partial charge in [-0.25, -0.2) is 10.4 Å². The van der Waals surface area contributed by atoms with Crippen molar-refractivity contribution in [1.29, 1.82) is 0 Å². The SMILES string of the molecule is CC(=O)N/N=C(\C)c1ncc([C@@H](O)[C@H](O)[C@H](O)CO)[nH]1. The molecule has 0 radical (unpaired) electrons. The first-order valence-corrected chi connectivity index (χ1v) is 5.88. The van der Waals surface area contributed by atoms with Gasteiger partial charge >= 0.3 is 0 Å². The van der Waals surface area contributed by atoms with E-state index < -0.39 is 24.9 Å².